The highest BCUT2D eigenvalue weighted by atomic mass is 79.9. The van der Waals surface area contributed by atoms with E-state index in [9.17, 15) is 4.39 Å². The SMILES string of the molecule is CC(NCCCN)c1cc(Br)ccc1F. The van der Waals surface area contributed by atoms with Gasteiger partial charge in [-0.2, -0.15) is 0 Å². The Balaban J connectivity index is 2.64. The largest absolute Gasteiger partial charge is 0.330 e. The summed E-state index contributed by atoms with van der Waals surface area (Å²) in [4.78, 5) is 0. The Kier molecular flexibility index (Phi) is 5.22. The minimum absolute atomic E-state index is 0.00838. The number of nitrogens with two attached hydrogens (primary N) is 1. The molecule has 0 fully saturated rings. The lowest BCUT2D eigenvalue weighted by molar-refractivity contribution is 0.523. The third kappa shape index (κ3) is 3.89. The smallest absolute Gasteiger partial charge is 0.128 e. The van der Waals surface area contributed by atoms with Crippen LogP contribution >= 0.6 is 15.9 Å². The molecule has 1 aromatic carbocycles. The predicted molar refractivity (Wildman–Crippen MR) is 64.2 cm³/mol. The van der Waals surface area contributed by atoms with Gasteiger partial charge in [0.15, 0.2) is 0 Å². The molecule has 0 spiro atoms. The van der Waals surface area contributed by atoms with Crippen molar-refractivity contribution < 1.29 is 4.39 Å². The molecular weight excluding hydrogens is 259 g/mol. The van der Waals surface area contributed by atoms with E-state index in [1.54, 1.807) is 12.1 Å². The molecule has 4 heteroatoms. The fraction of sp³-hybridized carbons (Fsp3) is 0.455. The van der Waals surface area contributed by atoms with Gasteiger partial charge in [0.1, 0.15) is 5.82 Å². The van der Waals surface area contributed by atoms with E-state index >= 15 is 0 Å². The van der Waals surface area contributed by atoms with E-state index in [4.69, 9.17) is 5.73 Å². The Morgan fingerprint density at radius 2 is 2.27 bits per heavy atom. The van der Waals surface area contributed by atoms with Crippen LogP contribution in [0.3, 0.4) is 0 Å². The summed E-state index contributed by atoms with van der Waals surface area (Å²) in [5.41, 5.74) is 6.07. The van der Waals surface area contributed by atoms with Gasteiger partial charge in [0.2, 0.25) is 0 Å². The summed E-state index contributed by atoms with van der Waals surface area (Å²) in [6.07, 6.45) is 0.903. The van der Waals surface area contributed by atoms with E-state index in [2.05, 4.69) is 21.2 Å². The van der Waals surface area contributed by atoms with Gasteiger partial charge < -0.3 is 11.1 Å². The summed E-state index contributed by atoms with van der Waals surface area (Å²) in [7, 11) is 0. The van der Waals surface area contributed by atoms with Gasteiger partial charge in [0.25, 0.3) is 0 Å². The molecule has 84 valence electrons. The van der Waals surface area contributed by atoms with Crippen LogP contribution in [0, 0.1) is 5.82 Å². The summed E-state index contributed by atoms with van der Waals surface area (Å²) < 4.78 is 14.3. The van der Waals surface area contributed by atoms with Crippen LogP contribution in [0.2, 0.25) is 0 Å². The van der Waals surface area contributed by atoms with Gasteiger partial charge in [0, 0.05) is 16.1 Å². The normalized spacial score (nSPS) is 12.8. The topological polar surface area (TPSA) is 38.0 Å². The minimum Gasteiger partial charge on any atom is -0.330 e. The second-order valence-electron chi connectivity index (χ2n) is 3.48. The fourth-order valence-corrected chi connectivity index (χ4v) is 1.76. The van der Waals surface area contributed by atoms with Gasteiger partial charge in [-0.3, -0.25) is 0 Å². The maximum atomic E-state index is 13.4. The molecule has 0 aliphatic rings. The van der Waals surface area contributed by atoms with E-state index in [-0.39, 0.29) is 11.9 Å². The maximum Gasteiger partial charge on any atom is 0.128 e. The lowest BCUT2D eigenvalue weighted by atomic mass is 10.1. The fourth-order valence-electron chi connectivity index (χ4n) is 1.38. The maximum absolute atomic E-state index is 13.4. The molecule has 3 N–H and O–H groups in total. The molecule has 0 bridgehead atoms. The van der Waals surface area contributed by atoms with Crippen molar-refractivity contribution >= 4 is 15.9 Å². The number of halogens is 2. The van der Waals surface area contributed by atoms with Crippen LogP contribution in [-0.2, 0) is 0 Å². The van der Waals surface area contributed by atoms with Crippen LogP contribution < -0.4 is 11.1 Å². The van der Waals surface area contributed by atoms with Crippen LogP contribution in [0.4, 0.5) is 4.39 Å². The molecule has 1 unspecified atom stereocenters. The Bertz CT molecular complexity index is 317. The first-order valence-electron chi connectivity index (χ1n) is 5.03. The number of nitrogens with one attached hydrogen (secondary N) is 1. The summed E-state index contributed by atoms with van der Waals surface area (Å²) in [5, 5.41) is 3.23. The lowest BCUT2D eigenvalue weighted by Gasteiger charge is -2.15. The molecule has 1 rings (SSSR count). The van der Waals surface area contributed by atoms with Crippen molar-refractivity contribution in [1.29, 1.82) is 0 Å². The monoisotopic (exact) mass is 274 g/mol. The van der Waals surface area contributed by atoms with E-state index in [0.29, 0.717) is 12.1 Å². The predicted octanol–water partition coefficient (Wildman–Crippen LogP) is 2.59. The van der Waals surface area contributed by atoms with Crippen LogP contribution in [0.5, 0.6) is 0 Å². The average Bonchev–Trinajstić information content (AvgIpc) is 2.22. The first-order chi connectivity index (χ1) is 7.15. The Labute approximate surface area is 98.2 Å². The van der Waals surface area contributed by atoms with Crippen LogP contribution in [0.25, 0.3) is 0 Å². The Morgan fingerprint density at radius 1 is 1.53 bits per heavy atom. The molecule has 0 saturated heterocycles. The third-order valence-electron chi connectivity index (χ3n) is 2.26. The molecule has 2 nitrogen and oxygen atoms in total. The summed E-state index contributed by atoms with van der Waals surface area (Å²) in [5.74, 6) is -0.175. The van der Waals surface area contributed by atoms with Crippen molar-refractivity contribution in [2.75, 3.05) is 13.1 Å². The van der Waals surface area contributed by atoms with Crippen molar-refractivity contribution in [3.63, 3.8) is 0 Å². The van der Waals surface area contributed by atoms with Gasteiger partial charge in [-0.15, -0.1) is 0 Å². The molecule has 0 aliphatic carbocycles. The summed E-state index contributed by atoms with van der Waals surface area (Å²) >= 11 is 3.33. The van der Waals surface area contributed by atoms with Gasteiger partial charge in [0.05, 0.1) is 0 Å². The molecule has 1 atom stereocenters. The third-order valence-corrected chi connectivity index (χ3v) is 2.75. The molecule has 0 saturated carbocycles. The molecule has 0 heterocycles. The first-order valence-corrected chi connectivity index (χ1v) is 5.83. The summed E-state index contributed by atoms with van der Waals surface area (Å²) in [6, 6.07) is 4.98. The van der Waals surface area contributed by atoms with Gasteiger partial charge in [-0.25, -0.2) is 4.39 Å². The highest BCUT2D eigenvalue weighted by molar-refractivity contribution is 9.10. The number of benzene rings is 1. The minimum atomic E-state index is -0.175. The highest BCUT2D eigenvalue weighted by Gasteiger charge is 2.10. The number of hydrogen-bond acceptors (Lipinski definition) is 2. The number of hydrogen-bond donors (Lipinski definition) is 2. The highest BCUT2D eigenvalue weighted by Crippen LogP contribution is 2.21. The summed E-state index contributed by atoms with van der Waals surface area (Å²) in [6.45, 7) is 3.41. The molecule has 15 heavy (non-hydrogen) atoms. The van der Waals surface area contributed by atoms with Crippen LogP contribution in [0.15, 0.2) is 22.7 Å². The van der Waals surface area contributed by atoms with Gasteiger partial charge in [-0.1, -0.05) is 15.9 Å². The zero-order valence-electron chi connectivity index (χ0n) is 8.76. The van der Waals surface area contributed by atoms with E-state index < -0.39 is 0 Å². The molecular formula is C11H16BrFN2. The van der Waals surface area contributed by atoms with Crippen molar-refractivity contribution in [1.82, 2.24) is 5.32 Å². The van der Waals surface area contributed by atoms with E-state index in [1.165, 1.54) is 6.07 Å². The Hall–Kier alpha value is -0.450. The van der Waals surface area contributed by atoms with Crippen molar-refractivity contribution in [3.05, 3.63) is 34.1 Å². The van der Waals surface area contributed by atoms with E-state index in [1.807, 2.05) is 6.92 Å². The second kappa shape index (κ2) is 6.20. The van der Waals surface area contributed by atoms with E-state index in [0.717, 1.165) is 17.4 Å². The second-order valence-corrected chi connectivity index (χ2v) is 4.40. The molecule has 0 radical (unpaired) electrons. The Morgan fingerprint density at radius 3 is 2.93 bits per heavy atom. The first kappa shape index (κ1) is 12.6. The molecule has 0 aliphatic heterocycles. The number of rotatable bonds is 5. The molecule has 0 amide bonds. The van der Waals surface area contributed by atoms with Crippen LogP contribution in [0.1, 0.15) is 24.9 Å². The van der Waals surface area contributed by atoms with Crippen molar-refractivity contribution in [3.8, 4) is 0 Å². The lowest BCUT2D eigenvalue weighted by Crippen LogP contribution is -2.22. The molecule has 1 aromatic rings. The average molecular weight is 275 g/mol. The zero-order chi connectivity index (χ0) is 11.3. The van der Waals surface area contributed by atoms with Crippen molar-refractivity contribution in [2.24, 2.45) is 5.73 Å². The van der Waals surface area contributed by atoms with Crippen LogP contribution in [-0.4, -0.2) is 13.1 Å². The van der Waals surface area contributed by atoms with Gasteiger partial charge >= 0.3 is 0 Å². The van der Waals surface area contributed by atoms with Gasteiger partial charge in [-0.05, 0) is 44.6 Å². The molecule has 0 aromatic heterocycles. The van der Waals surface area contributed by atoms with Crippen molar-refractivity contribution in [2.45, 2.75) is 19.4 Å². The standard InChI is InChI=1S/C11H16BrFN2/c1-8(15-6-2-5-14)10-7-9(12)3-4-11(10)13/h3-4,7-8,15H,2,5-6,14H2,1H3. The quantitative estimate of drug-likeness (QED) is 0.810. The zero-order valence-corrected chi connectivity index (χ0v) is 10.3.